The fraction of sp³-hybridized carbons (Fsp3) is 0.444. The molecule has 2 rings (SSSR count). The Kier molecular flexibility index (Phi) is 2.88. The molecule has 5 heteroatoms. The molecule has 1 saturated heterocycles. The van der Waals surface area contributed by atoms with E-state index in [1.54, 1.807) is 11.3 Å². The Morgan fingerprint density at radius 1 is 1.64 bits per heavy atom. The van der Waals surface area contributed by atoms with E-state index < -0.39 is 0 Å². The molecule has 1 atom stereocenters. The standard InChI is InChI=1S/C9H10BrN3S/c10-9-2-1-8(14-9)7(3-11)13-4-6(12)5-13/h1-2,6-7H,4-5,12H2. The molecule has 1 aliphatic heterocycles. The van der Waals surface area contributed by atoms with Crippen molar-refractivity contribution in [3.8, 4) is 6.07 Å². The summed E-state index contributed by atoms with van der Waals surface area (Å²) in [5, 5.41) is 9.07. The minimum absolute atomic E-state index is 0.119. The molecule has 14 heavy (non-hydrogen) atoms. The highest BCUT2D eigenvalue weighted by molar-refractivity contribution is 9.11. The molecule has 1 aliphatic rings. The van der Waals surface area contributed by atoms with Crippen molar-refractivity contribution in [2.75, 3.05) is 13.1 Å². The van der Waals surface area contributed by atoms with Crippen LogP contribution in [0.25, 0.3) is 0 Å². The highest BCUT2D eigenvalue weighted by atomic mass is 79.9. The smallest absolute Gasteiger partial charge is 0.133 e. The first kappa shape index (κ1) is 10.1. The van der Waals surface area contributed by atoms with E-state index in [1.165, 1.54) is 0 Å². The van der Waals surface area contributed by atoms with Crippen LogP contribution >= 0.6 is 27.3 Å². The van der Waals surface area contributed by atoms with E-state index in [4.69, 9.17) is 11.0 Å². The van der Waals surface area contributed by atoms with Gasteiger partial charge in [-0.25, -0.2) is 0 Å². The maximum atomic E-state index is 9.07. The molecular formula is C9H10BrN3S. The highest BCUT2D eigenvalue weighted by Crippen LogP contribution is 2.32. The zero-order valence-corrected chi connectivity index (χ0v) is 9.88. The molecular weight excluding hydrogens is 262 g/mol. The lowest BCUT2D eigenvalue weighted by atomic mass is 10.1. The summed E-state index contributed by atoms with van der Waals surface area (Å²) >= 11 is 5.01. The van der Waals surface area contributed by atoms with Gasteiger partial charge in [-0.3, -0.25) is 4.90 Å². The summed E-state index contributed by atoms with van der Waals surface area (Å²) in [4.78, 5) is 3.19. The van der Waals surface area contributed by atoms with Crippen LogP contribution in [-0.4, -0.2) is 24.0 Å². The normalized spacial score (nSPS) is 20.1. The second-order valence-electron chi connectivity index (χ2n) is 3.39. The van der Waals surface area contributed by atoms with Gasteiger partial charge in [0, 0.05) is 24.0 Å². The Morgan fingerprint density at radius 2 is 2.36 bits per heavy atom. The number of hydrogen-bond donors (Lipinski definition) is 1. The monoisotopic (exact) mass is 271 g/mol. The second kappa shape index (κ2) is 3.99. The lowest BCUT2D eigenvalue weighted by Crippen LogP contribution is -2.56. The first-order valence-electron chi connectivity index (χ1n) is 4.35. The summed E-state index contributed by atoms with van der Waals surface area (Å²) in [6.45, 7) is 1.65. The topological polar surface area (TPSA) is 53.0 Å². The summed E-state index contributed by atoms with van der Waals surface area (Å²) in [7, 11) is 0. The third-order valence-corrected chi connectivity index (χ3v) is 3.97. The SMILES string of the molecule is N#CC(c1ccc(Br)s1)N1CC(N)C1. The predicted molar refractivity (Wildman–Crippen MR) is 59.9 cm³/mol. The maximum absolute atomic E-state index is 9.07. The zero-order valence-electron chi connectivity index (χ0n) is 7.48. The molecule has 74 valence electrons. The van der Waals surface area contributed by atoms with E-state index in [0.29, 0.717) is 0 Å². The first-order chi connectivity index (χ1) is 6.70. The van der Waals surface area contributed by atoms with Crippen molar-refractivity contribution < 1.29 is 0 Å². The maximum Gasteiger partial charge on any atom is 0.133 e. The van der Waals surface area contributed by atoms with Gasteiger partial charge in [-0.15, -0.1) is 11.3 Å². The van der Waals surface area contributed by atoms with Gasteiger partial charge in [-0.05, 0) is 28.1 Å². The lowest BCUT2D eigenvalue weighted by Gasteiger charge is -2.39. The second-order valence-corrected chi connectivity index (χ2v) is 5.88. The average Bonchev–Trinajstić information content (AvgIpc) is 2.50. The molecule has 2 heterocycles. The van der Waals surface area contributed by atoms with E-state index in [1.807, 2.05) is 12.1 Å². The van der Waals surface area contributed by atoms with E-state index in [9.17, 15) is 0 Å². The van der Waals surface area contributed by atoms with Gasteiger partial charge < -0.3 is 5.73 Å². The molecule has 2 N–H and O–H groups in total. The molecule has 0 bridgehead atoms. The number of thiophene rings is 1. The Labute approximate surface area is 95.3 Å². The summed E-state index contributed by atoms with van der Waals surface area (Å²) in [6.07, 6.45) is 0. The minimum atomic E-state index is -0.119. The van der Waals surface area contributed by atoms with Crippen LogP contribution in [0.1, 0.15) is 10.9 Å². The van der Waals surface area contributed by atoms with Crippen LogP contribution in [0.15, 0.2) is 15.9 Å². The molecule has 3 nitrogen and oxygen atoms in total. The van der Waals surface area contributed by atoms with E-state index in [0.717, 1.165) is 21.8 Å². The van der Waals surface area contributed by atoms with Crippen molar-refractivity contribution in [2.45, 2.75) is 12.1 Å². The van der Waals surface area contributed by atoms with Crippen LogP contribution in [0.4, 0.5) is 0 Å². The highest BCUT2D eigenvalue weighted by Gasteiger charge is 2.31. The van der Waals surface area contributed by atoms with Crippen molar-refractivity contribution in [1.29, 1.82) is 5.26 Å². The fourth-order valence-electron chi connectivity index (χ4n) is 1.56. The number of nitriles is 1. The number of nitrogens with zero attached hydrogens (tertiary/aromatic N) is 2. The van der Waals surface area contributed by atoms with Gasteiger partial charge in [0.15, 0.2) is 0 Å². The Bertz CT molecular complexity index is 364. The van der Waals surface area contributed by atoms with Crippen molar-refractivity contribution in [3.63, 3.8) is 0 Å². The Balaban J connectivity index is 2.11. The lowest BCUT2D eigenvalue weighted by molar-refractivity contribution is 0.123. The summed E-state index contributed by atoms with van der Waals surface area (Å²) in [6, 6.07) is 6.41. The van der Waals surface area contributed by atoms with Crippen molar-refractivity contribution in [1.82, 2.24) is 4.90 Å². The number of likely N-dealkylation sites (tertiary alicyclic amines) is 1. The number of halogens is 1. The van der Waals surface area contributed by atoms with Crippen molar-refractivity contribution in [2.24, 2.45) is 5.73 Å². The predicted octanol–water partition coefficient (Wildman–Crippen LogP) is 1.72. The van der Waals surface area contributed by atoms with Gasteiger partial charge in [0.05, 0.1) is 9.86 Å². The van der Waals surface area contributed by atoms with Crippen LogP contribution < -0.4 is 5.73 Å². The number of nitrogens with two attached hydrogens (primary N) is 1. The van der Waals surface area contributed by atoms with Crippen molar-refractivity contribution >= 4 is 27.3 Å². The fourth-order valence-corrected chi connectivity index (χ4v) is 3.06. The number of rotatable bonds is 2. The quantitative estimate of drug-likeness (QED) is 0.891. The molecule has 0 aliphatic carbocycles. The molecule has 0 radical (unpaired) electrons. The summed E-state index contributed by atoms with van der Waals surface area (Å²) in [5.41, 5.74) is 5.69. The van der Waals surface area contributed by atoms with E-state index in [2.05, 4.69) is 26.9 Å². The van der Waals surface area contributed by atoms with Gasteiger partial charge in [0.25, 0.3) is 0 Å². The van der Waals surface area contributed by atoms with Crippen LogP contribution in [0.2, 0.25) is 0 Å². The van der Waals surface area contributed by atoms with Crippen LogP contribution in [0.3, 0.4) is 0 Å². The first-order valence-corrected chi connectivity index (χ1v) is 5.96. The van der Waals surface area contributed by atoms with Gasteiger partial charge in [0.1, 0.15) is 6.04 Å². The molecule has 1 fully saturated rings. The zero-order chi connectivity index (χ0) is 10.1. The Hall–Kier alpha value is -0.410. The Morgan fingerprint density at radius 3 is 2.79 bits per heavy atom. The molecule has 0 spiro atoms. The largest absolute Gasteiger partial charge is 0.325 e. The molecule has 1 aromatic heterocycles. The molecule has 0 saturated carbocycles. The summed E-state index contributed by atoms with van der Waals surface area (Å²) < 4.78 is 1.07. The van der Waals surface area contributed by atoms with Gasteiger partial charge >= 0.3 is 0 Å². The van der Waals surface area contributed by atoms with Crippen LogP contribution in [0.5, 0.6) is 0 Å². The molecule has 0 aromatic carbocycles. The molecule has 0 amide bonds. The van der Waals surface area contributed by atoms with E-state index in [-0.39, 0.29) is 12.1 Å². The minimum Gasteiger partial charge on any atom is -0.325 e. The third kappa shape index (κ3) is 1.84. The summed E-state index contributed by atoms with van der Waals surface area (Å²) in [5.74, 6) is 0. The number of hydrogen-bond acceptors (Lipinski definition) is 4. The average molecular weight is 272 g/mol. The van der Waals surface area contributed by atoms with Crippen molar-refractivity contribution in [3.05, 3.63) is 20.8 Å². The third-order valence-electron chi connectivity index (χ3n) is 2.29. The molecule has 1 unspecified atom stereocenters. The van der Waals surface area contributed by atoms with Crippen LogP contribution in [-0.2, 0) is 0 Å². The van der Waals surface area contributed by atoms with E-state index >= 15 is 0 Å². The van der Waals surface area contributed by atoms with Gasteiger partial charge in [-0.1, -0.05) is 0 Å². The molecule has 1 aromatic rings. The van der Waals surface area contributed by atoms with Gasteiger partial charge in [0.2, 0.25) is 0 Å². The van der Waals surface area contributed by atoms with Gasteiger partial charge in [-0.2, -0.15) is 5.26 Å². The van der Waals surface area contributed by atoms with Crippen LogP contribution in [0, 0.1) is 11.3 Å².